The van der Waals surface area contributed by atoms with E-state index >= 15 is 0 Å². The third-order valence-corrected chi connectivity index (χ3v) is 7.10. The zero-order valence-corrected chi connectivity index (χ0v) is 13.4. The van der Waals surface area contributed by atoms with Gasteiger partial charge < -0.3 is 5.11 Å². The van der Waals surface area contributed by atoms with E-state index in [1.807, 2.05) is 0 Å². The summed E-state index contributed by atoms with van der Waals surface area (Å²) in [6.45, 7) is 6.28. The normalized spacial score (nSPS) is 36.9. The SMILES string of the molecule is Cc1cc(C)c(C2(O)CC3CCCC(C2)S3=O)c(C)c1. The average molecular weight is 292 g/mol. The molecule has 3 rings (SSSR count). The van der Waals surface area contributed by atoms with E-state index in [4.69, 9.17) is 0 Å². The molecule has 2 bridgehead atoms. The minimum atomic E-state index is -0.772. The van der Waals surface area contributed by atoms with Gasteiger partial charge in [-0.25, -0.2) is 0 Å². The van der Waals surface area contributed by atoms with E-state index in [1.165, 1.54) is 23.1 Å². The third kappa shape index (κ3) is 2.25. The summed E-state index contributed by atoms with van der Waals surface area (Å²) in [6.07, 6.45) is 4.52. The molecule has 2 nitrogen and oxygen atoms in total. The van der Waals surface area contributed by atoms with Crippen molar-refractivity contribution in [2.45, 2.75) is 69.0 Å². The number of hydrogen-bond donors (Lipinski definition) is 1. The second-order valence-corrected chi connectivity index (χ2v) is 8.71. The maximum atomic E-state index is 12.4. The van der Waals surface area contributed by atoms with Crippen LogP contribution in [0, 0.1) is 20.8 Å². The van der Waals surface area contributed by atoms with Crippen LogP contribution in [0.3, 0.4) is 0 Å². The predicted molar refractivity (Wildman–Crippen MR) is 83.4 cm³/mol. The molecule has 2 unspecified atom stereocenters. The Hall–Kier alpha value is -0.670. The van der Waals surface area contributed by atoms with Crippen molar-refractivity contribution in [3.05, 3.63) is 34.4 Å². The Morgan fingerprint density at radius 1 is 1.10 bits per heavy atom. The zero-order valence-electron chi connectivity index (χ0n) is 12.6. The number of aliphatic hydroxyl groups is 1. The Balaban J connectivity index is 2.03. The maximum absolute atomic E-state index is 12.4. The van der Waals surface area contributed by atoms with Gasteiger partial charge in [-0.2, -0.15) is 0 Å². The van der Waals surface area contributed by atoms with E-state index in [1.54, 1.807) is 0 Å². The lowest BCUT2D eigenvalue weighted by molar-refractivity contribution is 0.00542. The summed E-state index contributed by atoms with van der Waals surface area (Å²) in [5.74, 6) is 0. The Bertz CT molecular complexity index is 525. The molecule has 0 radical (unpaired) electrons. The van der Waals surface area contributed by atoms with Crippen LogP contribution in [0.5, 0.6) is 0 Å². The van der Waals surface area contributed by atoms with Crippen LogP contribution in [0.1, 0.15) is 54.4 Å². The van der Waals surface area contributed by atoms with Gasteiger partial charge in [0, 0.05) is 21.3 Å². The summed E-state index contributed by atoms with van der Waals surface area (Å²) in [4.78, 5) is 0. The molecule has 0 spiro atoms. The fourth-order valence-electron chi connectivity index (χ4n) is 4.40. The molecule has 1 N–H and O–H groups in total. The van der Waals surface area contributed by atoms with Crippen molar-refractivity contribution >= 4 is 10.8 Å². The summed E-state index contributed by atoms with van der Waals surface area (Å²) in [5.41, 5.74) is 3.92. The van der Waals surface area contributed by atoms with E-state index in [-0.39, 0.29) is 10.5 Å². The quantitative estimate of drug-likeness (QED) is 0.862. The number of hydrogen-bond acceptors (Lipinski definition) is 2. The number of fused-ring (bicyclic) bond motifs is 2. The van der Waals surface area contributed by atoms with E-state index in [2.05, 4.69) is 32.9 Å². The molecule has 0 aliphatic carbocycles. The zero-order chi connectivity index (χ0) is 14.5. The largest absolute Gasteiger partial charge is 0.385 e. The molecule has 2 fully saturated rings. The number of benzene rings is 1. The van der Waals surface area contributed by atoms with Gasteiger partial charge >= 0.3 is 0 Å². The molecule has 20 heavy (non-hydrogen) atoms. The van der Waals surface area contributed by atoms with Gasteiger partial charge in [-0.3, -0.25) is 4.21 Å². The minimum Gasteiger partial charge on any atom is -0.385 e. The highest BCUT2D eigenvalue weighted by Gasteiger charge is 2.47. The molecular weight excluding hydrogens is 268 g/mol. The number of aryl methyl sites for hydroxylation is 3. The molecule has 0 saturated carbocycles. The highest BCUT2D eigenvalue weighted by molar-refractivity contribution is 7.86. The standard InChI is InChI=1S/C17H24O2S/c1-11-7-12(2)16(13(3)8-11)17(18)9-14-5-4-6-15(10-17)20(14)19/h7-8,14-15,18H,4-6,9-10H2,1-3H3. The smallest absolute Gasteiger partial charge is 0.0924 e. The van der Waals surface area contributed by atoms with Crippen LogP contribution in [-0.2, 0) is 16.4 Å². The first kappa shape index (κ1) is 14.3. The van der Waals surface area contributed by atoms with E-state index in [0.29, 0.717) is 12.8 Å². The first-order valence-corrected chi connectivity index (χ1v) is 8.88. The molecule has 2 saturated heterocycles. The minimum absolute atomic E-state index is 0.188. The van der Waals surface area contributed by atoms with Crippen molar-refractivity contribution in [1.29, 1.82) is 0 Å². The molecule has 2 atom stereocenters. The van der Waals surface area contributed by atoms with E-state index < -0.39 is 16.4 Å². The van der Waals surface area contributed by atoms with Crippen molar-refractivity contribution in [2.75, 3.05) is 0 Å². The van der Waals surface area contributed by atoms with Crippen molar-refractivity contribution < 1.29 is 9.32 Å². The molecule has 1 aromatic rings. The molecule has 2 aliphatic heterocycles. The summed E-state index contributed by atoms with van der Waals surface area (Å²) in [5, 5.41) is 11.7. The average Bonchev–Trinajstić information content (AvgIpc) is 2.30. The van der Waals surface area contributed by atoms with Crippen LogP contribution >= 0.6 is 0 Å². The highest BCUT2D eigenvalue weighted by atomic mass is 32.2. The van der Waals surface area contributed by atoms with Crippen LogP contribution < -0.4 is 0 Å². The number of rotatable bonds is 1. The summed E-state index contributed by atoms with van der Waals surface area (Å²) >= 11 is 0. The van der Waals surface area contributed by atoms with E-state index in [9.17, 15) is 9.32 Å². The second-order valence-electron chi connectivity index (χ2n) is 6.72. The maximum Gasteiger partial charge on any atom is 0.0924 e. The Labute approximate surface area is 124 Å². The molecule has 2 aliphatic rings. The lowest BCUT2D eigenvalue weighted by Gasteiger charge is -2.45. The lowest BCUT2D eigenvalue weighted by Crippen LogP contribution is -2.47. The molecule has 0 aromatic heterocycles. The highest BCUT2D eigenvalue weighted by Crippen LogP contribution is 2.46. The monoisotopic (exact) mass is 292 g/mol. The van der Waals surface area contributed by atoms with Crippen LogP contribution in [0.15, 0.2) is 12.1 Å². The van der Waals surface area contributed by atoms with Crippen LogP contribution in [0.25, 0.3) is 0 Å². The summed E-state index contributed by atoms with van der Waals surface area (Å²) in [7, 11) is -0.734. The predicted octanol–water partition coefficient (Wildman–Crippen LogP) is 3.26. The van der Waals surface area contributed by atoms with Crippen LogP contribution in [0.2, 0.25) is 0 Å². The third-order valence-electron chi connectivity index (χ3n) is 4.98. The fraction of sp³-hybridized carbons (Fsp3) is 0.647. The van der Waals surface area contributed by atoms with Crippen molar-refractivity contribution in [3.63, 3.8) is 0 Å². The molecular formula is C17H24O2S. The van der Waals surface area contributed by atoms with Gasteiger partial charge in [0.1, 0.15) is 0 Å². The fourth-order valence-corrected chi connectivity index (χ4v) is 6.62. The summed E-state index contributed by atoms with van der Waals surface area (Å²) in [6, 6.07) is 4.31. The van der Waals surface area contributed by atoms with Gasteiger partial charge in [0.25, 0.3) is 0 Å². The first-order valence-electron chi connectivity index (χ1n) is 7.61. The Morgan fingerprint density at radius 2 is 1.60 bits per heavy atom. The molecule has 2 heterocycles. The van der Waals surface area contributed by atoms with E-state index in [0.717, 1.165) is 18.4 Å². The van der Waals surface area contributed by atoms with Crippen LogP contribution in [-0.4, -0.2) is 19.8 Å². The van der Waals surface area contributed by atoms with Gasteiger partial charge in [0.2, 0.25) is 0 Å². The molecule has 1 aromatic carbocycles. The molecule has 3 heteroatoms. The van der Waals surface area contributed by atoms with Crippen LogP contribution in [0.4, 0.5) is 0 Å². The van der Waals surface area contributed by atoms with Crippen molar-refractivity contribution in [1.82, 2.24) is 0 Å². The lowest BCUT2D eigenvalue weighted by atomic mass is 9.77. The van der Waals surface area contributed by atoms with Gasteiger partial charge in [0.15, 0.2) is 0 Å². The van der Waals surface area contributed by atoms with Crippen molar-refractivity contribution in [2.24, 2.45) is 0 Å². The van der Waals surface area contributed by atoms with Gasteiger partial charge in [-0.1, -0.05) is 24.1 Å². The van der Waals surface area contributed by atoms with Gasteiger partial charge in [0.05, 0.1) is 5.60 Å². The topological polar surface area (TPSA) is 37.3 Å². The molecule has 0 amide bonds. The van der Waals surface area contributed by atoms with Crippen molar-refractivity contribution in [3.8, 4) is 0 Å². The summed E-state index contributed by atoms with van der Waals surface area (Å²) < 4.78 is 12.4. The Morgan fingerprint density at radius 3 is 2.10 bits per heavy atom. The van der Waals surface area contributed by atoms with Gasteiger partial charge in [-0.15, -0.1) is 0 Å². The Kier molecular flexibility index (Phi) is 3.54. The molecule has 110 valence electrons. The second kappa shape index (κ2) is 4.96. The van der Waals surface area contributed by atoms with Gasteiger partial charge in [-0.05, 0) is 63.1 Å². The first-order chi connectivity index (χ1) is 9.40.